The predicted octanol–water partition coefficient (Wildman–Crippen LogP) is 3.07. The second kappa shape index (κ2) is 5.88. The summed E-state index contributed by atoms with van der Waals surface area (Å²) in [7, 11) is 0. The van der Waals surface area contributed by atoms with E-state index in [0.29, 0.717) is 11.6 Å². The summed E-state index contributed by atoms with van der Waals surface area (Å²) < 4.78 is 0. The summed E-state index contributed by atoms with van der Waals surface area (Å²) in [5.41, 5.74) is 1.22. The zero-order valence-electron chi connectivity index (χ0n) is 11.4. The van der Waals surface area contributed by atoms with Gasteiger partial charge in [0.2, 0.25) is 5.95 Å². The highest BCUT2D eigenvalue weighted by Gasteiger charge is 2.10. The van der Waals surface area contributed by atoms with Crippen LogP contribution in [-0.4, -0.2) is 15.2 Å². The van der Waals surface area contributed by atoms with Crippen molar-refractivity contribution in [1.82, 2.24) is 15.2 Å². The smallest absolute Gasteiger partial charge is 0.279 e. The predicted molar refractivity (Wildman–Crippen MR) is 84.4 cm³/mol. The summed E-state index contributed by atoms with van der Waals surface area (Å²) in [4.78, 5) is 15.6. The van der Waals surface area contributed by atoms with Gasteiger partial charge in [-0.2, -0.15) is 0 Å². The average Bonchev–Trinajstić information content (AvgIpc) is 3.02. The molecule has 0 bridgehead atoms. The Morgan fingerprint density at radius 1 is 1.14 bits per heavy atom. The number of thiophene rings is 1. The second-order valence-electron chi connectivity index (χ2n) is 4.61. The number of nitrogens with one attached hydrogen (secondary N) is 2. The minimum atomic E-state index is -0.241. The fourth-order valence-corrected chi connectivity index (χ4v) is 2.71. The number of hydrogen-bond acceptors (Lipinski definition) is 5. The Balaban J connectivity index is 1.82. The number of H-pyrrole nitrogens is 1. The summed E-state index contributed by atoms with van der Waals surface area (Å²) >= 11 is 1.46. The maximum absolute atomic E-state index is 12.1. The zero-order chi connectivity index (χ0) is 14.7. The van der Waals surface area contributed by atoms with Gasteiger partial charge in [-0.3, -0.25) is 9.78 Å². The number of benzene rings is 1. The van der Waals surface area contributed by atoms with Crippen molar-refractivity contribution in [3.05, 3.63) is 63.8 Å². The largest absolute Gasteiger partial charge is 0.348 e. The van der Waals surface area contributed by atoms with Gasteiger partial charge < -0.3 is 5.32 Å². The molecule has 3 rings (SSSR count). The van der Waals surface area contributed by atoms with Crippen LogP contribution in [0.2, 0.25) is 0 Å². The van der Waals surface area contributed by atoms with Gasteiger partial charge in [-0.05, 0) is 23.9 Å². The molecule has 1 unspecified atom stereocenters. The first-order valence-corrected chi connectivity index (χ1v) is 7.44. The van der Waals surface area contributed by atoms with Crippen LogP contribution in [0.25, 0.3) is 10.6 Å². The van der Waals surface area contributed by atoms with Crippen molar-refractivity contribution < 1.29 is 0 Å². The van der Waals surface area contributed by atoms with Crippen LogP contribution in [0.15, 0.2) is 52.6 Å². The third-order valence-corrected chi connectivity index (χ3v) is 3.98. The average molecular weight is 298 g/mol. The number of hydrogen-bond donors (Lipinski definition) is 2. The molecular weight excluding hydrogens is 284 g/mol. The molecule has 5 nitrogen and oxygen atoms in total. The van der Waals surface area contributed by atoms with Crippen molar-refractivity contribution in [2.75, 3.05) is 5.32 Å². The van der Waals surface area contributed by atoms with Crippen molar-refractivity contribution in [2.24, 2.45) is 0 Å². The van der Waals surface area contributed by atoms with Gasteiger partial charge in [-0.25, -0.2) is 0 Å². The van der Waals surface area contributed by atoms with Gasteiger partial charge in [0, 0.05) is 0 Å². The minimum Gasteiger partial charge on any atom is -0.348 e. The van der Waals surface area contributed by atoms with Crippen LogP contribution in [-0.2, 0) is 0 Å². The third kappa shape index (κ3) is 3.00. The van der Waals surface area contributed by atoms with E-state index in [1.54, 1.807) is 0 Å². The van der Waals surface area contributed by atoms with Gasteiger partial charge in [0.25, 0.3) is 5.56 Å². The van der Waals surface area contributed by atoms with E-state index in [1.807, 2.05) is 54.8 Å². The summed E-state index contributed by atoms with van der Waals surface area (Å²) in [6, 6.07) is 13.7. The van der Waals surface area contributed by atoms with Gasteiger partial charge in [0.05, 0.1) is 10.9 Å². The Labute approximate surface area is 125 Å². The molecule has 0 saturated heterocycles. The molecule has 0 amide bonds. The summed E-state index contributed by atoms with van der Waals surface area (Å²) in [6.45, 7) is 2.00. The quantitative estimate of drug-likeness (QED) is 0.776. The van der Waals surface area contributed by atoms with Crippen molar-refractivity contribution in [3.63, 3.8) is 0 Å². The van der Waals surface area contributed by atoms with E-state index in [9.17, 15) is 4.79 Å². The number of nitrogens with zero attached hydrogens (tertiary/aromatic N) is 2. The lowest BCUT2D eigenvalue weighted by molar-refractivity contribution is 0.835. The van der Waals surface area contributed by atoms with Gasteiger partial charge in [0.1, 0.15) is 0 Å². The lowest BCUT2D eigenvalue weighted by Crippen LogP contribution is -2.18. The standard InChI is InChI=1S/C15H14N4OS/c1-10(11-6-3-2-4-7-11)16-15-17-14(20)13(18-19-15)12-8-5-9-21-12/h2-10H,1H3,(H2,16,17,19,20). The Hall–Kier alpha value is -2.47. The van der Waals surface area contributed by atoms with E-state index in [2.05, 4.69) is 20.5 Å². The molecule has 2 N–H and O–H groups in total. The first-order valence-electron chi connectivity index (χ1n) is 6.56. The highest BCUT2D eigenvalue weighted by molar-refractivity contribution is 7.13. The lowest BCUT2D eigenvalue weighted by atomic mass is 10.1. The van der Waals surface area contributed by atoms with E-state index in [-0.39, 0.29) is 11.6 Å². The minimum absolute atomic E-state index is 0.0312. The van der Waals surface area contributed by atoms with Crippen LogP contribution < -0.4 is 10.9 Å². The molecule has 1 atom stereocenters. The number of aromatic amines is 1. The molecule has 0 aliphatic rings. The van der Waals surface area contributed by atoms with E-state index >= 15 is 0 Å². The molecule has 106 valence electrons. The summed E-state index contributed by atoms with van der Waals surface area (Å²) in [5.74, 6) is 0.372. The maximum atomic E-state index is 12.1. The fourth-order valence-electron chi connectivity index (χ4n) is 2.01. The Kier molecular flexibility index (Phi) is 3.79. The normalized spacial score (nSPS) is 12.0. The monoisotopic (exact) mass is 298 g/mol. The van der Waals surface area contributed by atoms with Gasteiger partial charge in [0.15, 0.2) is 5.69 Å². The van der Waals surface area contributed by atoms with Crippen molar-refractivity contribution in [2.45, 2.75) is 13.0 Å². The zero-order valence-corrected chi connectivity index (χ0v) is 12.2. The fraction of sp³-hybridized carbons (Fsp3) is 0.133. The highest BCUT2D eigenvalue weighted by atomic mass is 32.1. The van der Waals surface area contributed by atoms with E-state index < -0.39 is 0 Å². The lowest BCUT2D eigenvalue weighted by Gasteiger charge is -2.13. The second-order valence-corrected chi connectivity index (χ2v) is 5.55. The molecule has 0 aliphatic carbocycles. The highest BCUT2D eigenvalue weighted by Crippen LogP contribution is 2.19. The van der Waals surface area contributed by atoms with E-state index in [0.717, 1.165) is 10.4 Å². The Morgan fingerprint density at radius 3 is 2.62 bits per heavy atom. The number of aromatic nitrogens is 3. The number of anilines is 1. The molecule has 1 aromatic carbocycles. The van der Waals surface area contributed by atoms with E-state index in [4.69, 9.17) is 0 Å². The van der Waals surface area contributed by atoms with E-state index in [1.165, 1.54) is 11.3 Å². The van der Waals surface area contributed by atoms with Crippen LogP contribution >= 0.6 is 11.3 Å². The van der Waals surface area contributed by atoms with Crippen LogP contribution in [0.3, 0.4) is 0 Å². The third-order valence-electron chi connectivity index (χ3n) is 3.10. The first kappa shape index (κ1) is 13.5. The molecule has 21 heavy (non-hydrogen) atoms. The molecule has 0 fully saturated rings. The van der Waals surface area contributed by atoms with Crippen molar-refractivity contribution >= 4 is 17.3 Å². The molecule has 0 aliphatic heterocycles. The molecule has 0 radical (unpaired) electrons. The molecule has 0 saturated carbocycles. The molecule has 6 heteroatoms. The first-order chi connectivity index (χ1) is 10.2. The van der Waals surface area contributed by atoms with Crippen LogP contribution in [0.4, 0.5) is 5.95 Å². The molecule has 2 aromatic heterocycles. The topological polar surface area (TPSA) is 70.7 Å². The van der Waals surface area contributed by atoms with Crippen molar-refractivity contribution in [1.29, 1.82) is 0 Å². The molecule has 0 spiro atoms. The SMILES string of the molecule is CC(Nc1nnc(-c2cccs2)c(=O)[nH]1)c1ccccc1. The van der Waals surface area contributed by atoms with Crippen LogP contribution in [0.1, 0.15) is 18.5 Å². The van der Waals surface area contributed by atoms with Crippen LogP contribution in [0.5, 0.6) is 0 Å². The van der Waals surface area contributed by atoms with Crippen molar-refractivity contribution in [3.8, 4) is 10.6 Å². The molecular formula is C15H14N4OS. The molecule has 3 aromatic rings. The maximum Gasteiger partial charge on any atom is 0.279 e. The van der Waals surface area contributed by atoms with Gasteiger partial charge >= 0.3 is 0 Å². The Morgan fingerprint density at radius 2 is 1.95 bits per heavy atom. The van der Waals surface area contributed by atoms with Gasteiger partial charge in [-0.1, -0.05) is 36.4 Å². The number of rotatable bonds is 4. The van der Waals surface area contributed by atoms with Gasteiger partial charge in [-0.15, -0.1) is 21.5 Å². The summed E-state index contributed by atoms with van der Waals surface area (Å²) in [5, 5.41) is 13.1. The summed E-state index contributed by atoms with van der Waals surface area (Å²) in [6.07, 6.45) is 0. The Bertz CT molecular complexity index is 768. The molecule has 2 heterocycles. The van der Waals surface area contributed by atoms with Crippen LogP contribution in [0, 0.1) is 0 Å².